The minimum atomic E-state index is 0.232. The molecule has 2 heterocycles. The number of ether oxygens (including phenoxy) is 1. The lowest BCUT2D eigenvalue weighted by Gasteiger charge is -2.32. The first-order valence-corrected chi connectivity index (χ1v) is 10.4. The molecular weight excluding hydrogens is 397 g/mol. The molecule has 0 saturated carbocycles. The van der Waals surface area contributed by atoms with Crippen molar-refractivity contribution in [2.75, 3.05) is 43.9 Å². The molecule has 0 spiro atoms. The van der Waals surface area contributed by atoms with Crippen LogP contribution in [-0.4, -0.2) is 54.2 Å². The van der Waals surface area contributed by atoms with Crippen LogP contribution in [0.15, 0.2) is 24.3 Å². The van der Waals surface area contributed by atoms with Gasteiger partial charge in [-0.05, 0) is 44.9 Å². The highest BCUT2D eigenvalue weighted by atomic mass is 35.5. The number of anilines is 2. The van der Waals surface area contributed by atoms with Crippen molar-refractivity contribution in [3.8, 4) is 5.75 Å². The zero-order valence-electron chi connectivity index (χ0n) is 16.3. The number of piperidine rings is 1. The zero-order chi connectivity index (χ0) is 19.9. The normalized spacial score (nSPS) is 15.4. The minimum absolute atomic E-state index is 0.232. The van der Waals surface area contributed by atoms with Crippen LogP contribution in [-0.2, 0) is 0 Å². The Morgan fingerprint density at radius 2 is 1.86 bits per heavy atom. The molecule has 0 bridgehead atoms. The maximum Gasteiger partial charge on any atom is 0.131 e. The standard InChI is InChI=1S/C20H27Cl2N5O/c1-14-25-19(23-2)13-20(26-14)24-8-3-9-27-10-6-15(7-11-27)28-16-4-5-17(21)18(22)12-16/h4-5,12-13,15H,3,6-11H2,1-2H3,(H2,23,24,25,26). The smallest absolute Gasteiger partial charge is 0.131 e. The summed E-state index contributed by atoms with van der Waals surface area (Å²) >= 11 is 12.0. The third-order valence-electron chi connectivity index (χ3n) is 4.78. The number of hydrogen-bond donors (Lipinski definition) is 2. The van der Waals surface area contributed by atoms with E-state index in [2.05, 4.69) is 25.5 Å². The molecular formula is C20H27Cl2N5O. The van der Waals surface area contributed by atoms with Gasteiger partial charge >= 0.3 is 0 Å². The molecule has 1 aliphatic rings. The number of rotatable bonds is 8. The topological polar surface area (TPSA) is 62.3 Å². The molecule has 0 aliphatic carbocycles. The van der Waals surface area contributed by atoms with Crippen LogP contribution >= 0.6 is 23.2 Å². The van der Waals surface area contributed by atoms with E-state index < -0.39 is 0 Å². The summed E-state index contributed by atoms with van der Waals surface area (Å²) in [7, 11) is 1.86. The molecule has 1 aromatic heterocycles. The van der Waals surface area contributed by atoms with Crippen molar-refractivity contribution in [1.29, 1.82) is 0 Å². The number of hydrogen-bond acceptors (Lipinski definition) is 6. The van der Waals surface area contributed by atoms with Crippen LogP contribution in [0.1, 0.15) is 25.1 Å². The number of nitrogens with zero attached hydrogens (tertiary/aromatic N) is 3. The highest BCUT2D eigenvalue weighted by Gasteiger charge is 2.20. The van der Waals surface area contributed by atoms with Crippen LogP contribution in [0.5, 0.6) is 5.75 Å². The van der Waals surface area contributed by atoms with Gasteiger partial charge in [0.15, 0.2) is 0 Å². The molecule has 1 saturated heterocycles. The van der Waals surface area contributed by atoms with E-state index in [0.717, 1.165) is 68.7 Å². The molecule has 0 amide bonds. The van der Waals surface area contributed by atoms with E-state index in [1.54, 1.807) is 12.1 Å². The molecule has 8 heteroatoms. The summed E-state index contributed by atoms with van der Waals surface area (Å²) in [6, 6.07) is 7.37. The van der Waals surface area contributed by atoms with Crippen LogP contribution in [0.3, 0.4) is 0 Å². The Morgan fingerprint density at radius 3 is 2.57 bits per heavy atom. The third-order valence-corrected chi connectivity index (χ3v) is 5.52. The Morgan fingerprint density at radius 1 is 1.11 bits per heavy atom. The van der Waals surface area contributed by atoms with E-state index in [1.807, 2.05) is 26.1 Å². The second kappa shape index (κ2) is 10.1. The first-order chi connectivity index (χ1) is 13.5. The molecule has 2 N–H and O–H groups in total. The van der Waals surface area contributed by atoms with Gasteiger partial charge in [0.2, 0.25) is 0 Å². The second-order valence-corrected chi connectivity index (χ2v) is 7.77. The van der Waals surface area contributed by atoms with Crippen molar-refractivity contribution in [3.63, 3.8) is 0 Å². The van der Waals surface area contributed by atoms with Gasteiger partial charge in [0.25, 0.3) is 0 Å². The lowest BCUT2D eigenvalue weighted by Crippen LogP contribution is -2.39. The molecule has 3 rings (SSSR count). The molecule has 1 aromatic carbocycles. The summed E-state index contributed by atoms with van der Waals surface area (Å²) in [4.78, 5) is 11.2. The molecule has 28 heavy (non-hydrogen) atoms. The zero-order valence-corrected chi connectivity index (χ0v) is 17.9. The van der Waals surface area contributed by atoms with Gasteiger partial charge in [-0.2, -0.15) is 0 Å². The Labute approximate surface area is 176 Å². The Kier molecular flexibility index (Phi) is 7.59. The Balaban J connectivity index is 1.35. The highest BCUT2D eigenvalue weighted by molar-refractivity contribution is 6.42. The molecule has 0 radical (unpaired) electrons. The minimum Gasteiger partial charge on any atom is -0.490 e. The fraction of sp³-hybridized carbons (Fsp3) is 0.500. The summed E-state index contributed by atoms with van der Waals surface area (Å²) in [5, 5.41) is 7.52. The summed E-state index contributed by atoms with van der Waals surface area (Å²) in [5.74, 6) is 3.25. The first-order valence-electron chi connectivity index (χ1n) is 9.65. The lowest BCUT2D eigenvalue weighted by molar-refractivity contribution is 0.100. The molecule has 152 valence electrons. The number of aryl methyl sites for hydroxylation is 1. The van der Waals surface area contributed by atoms with E-state index >= 15 is 0 Å². The fourth-order valence-electron chi connectivity index (χ4n) is 3.30. The van der Waals surface area contributed by atoms with Gasteiger partial charge in [0.05, 0.1) is 10.0 Å². The largest absolute Gasteiger partial charge is 0.490 e. The maximum atomic E-state index is 6.06. The number of benzene rings is 1. The molecule has 2 aromatic rings. The van der Waals surface area contributed by atoms with Gasteiger partial charge in [-0.1, -0.05) is 23.2 Å². The van der Waals surface area contributed by atoms with E-state index in [0.29, 0.717) is 10.0 Å². The number of likely N-dealkylation sites (tertiary alicyclic amines) is 1. The van der Waals surface area contributed by atoms with Gasteiger partial charge in [-0.25, -0.2) is 9.97 Å². The Hall–Kier alpha value is -1.76. The van der Waals surface area contributed by atoms with Gasteiger partial charge in [-0.15, -0.1) is 0 Å². The van der Waals surface area contributed by atoms with E-state index in [-0.39, 0.29) is 6.10 Å². The SMILES string of the molecule is CNc1cc(NCCCN2CCC(Oc3ccc(Cl)c(Cl)c3)CC2)nc(C)n1. The summed E-state index contributed by atoms with van der Waals surface area (Å²) < 4.78 is 6.05. The van der Waals surface area contributed by atoms with Gasteiger partial charge in [0, 0.05) is 38.8 Å². The second-order valence-electron chi connectivity index (χ2n) is 6.95. The summed E-state index contributed by atoms with van der Waals surface area (Å²) in [6.45, 7) is 5.94. The predicted molar refractivity (Wildman–Crippen MR) is 116 cm³/mol. The van der Waals surface area contributed by atoms with Crippen molar-refractivity contribution in [2.45, 2.75) is 32.3 Å². The fourth-order valence-corrected chi connectivity index (χ4v) is 3.59. The summed E-state index contributed by atoms with van der Waals surface area (Å²) in [6.07, 6.45) is 3.33. The van der Waals surface area contributed by atoms with Crippen molar-refractivity contribution in [2.24, 2.45) is 0 Å². The van der Waals surface area contributed by atoms with Crippen molar-refractivity contribution in [1.82, 2.24) is 14.9 Å². The van der Waals surface area contributed by atoms with Gasteiger partial charge in [-0.3, -0.25) is 0 Å². The van der Waals surface area contributed by atoms with Crippen LogP contribution in [0.25, 0.3) is 0 Å². The van der Waals surface area contributed by atoms with Gasteiger partial charge in [0.1, 0.15) is 29.3 Å². The van der Waals surface area contributed by atoms with Crippen LogP contribution in [0.2, 0.25) is 10.0 Å². The quantitative estimate of drug-likeness (QED) is 0.610. The maximum absolute atomic E-state index is 6.06. The van der Waals surface area contributed by atoms with Crippen molar-refractivity contribution >= 4 is 34.8 Å². The van der Waals surface area contributed by atoms with E-state index in [1.165, 1.54) is 0 Å². The van der Waals surface area contributed by atoms with E-state index in [9.17, 15) is 0 Å². The van der Waals surface area contributed by atoms with Crippen molar-refractivity contribution < 1.29 is 4.74 Å². The summed E-state index contributed by atoms with van der Waals surface area (Å²) in [5.41, 5.74) is 0. The number of aromatic nitrogens is 2. The third kappa shape index (κ3) is 6.12. The lowest BCUT2D eigenvalue weighted by atomic mass is 10.1. The monoisotopic (exact) mass is 423 g/mol. The molecule has 0 atom stereocenters. The number of nitrogens with one attached hydrogen (secondary N) is 2. The molecule has 1 fully saturated rings. The van der Waals surface area contributed by atoms with Crippen molar-refractivity contribution in [3.05, 3.63) is 40.1 Å². The predicted octanol–water partition coefficient (Wildman–Crippen LogP) is 4.48. The van der Waals surface area contributed by atoms with Crippen LogP contribution < -0.4 is 15.4 Å². The average Bonchev–Trinajstić information content (AvgIpc) is 2.69. The van der Waals surface area contributed by atoms with Gasteiger partial charge < -0.3 is 20.3 Å². The molecule has 6 nitrogen and oxygen atoms in total. The Bertz CT molecular complexity index is 781. The number of halogens is 2. The first kappa shape index (κ1) is 21.0. The van der Waals surface area contributed by atoms with Crippen LogP contribution in [0, 0.1) is 6.92 Å². The highest BCUT2D eigenvalue weighted by Crippen LogP contribution is 2.28. The molecule has 1 aliphatic heterocycles. The average molecular weight is 424 g/mol. The van der Waals surface area contributed by atoms with Crippen LogP contribution in [0.4, 0.5) is 11.6 Å². The van der Waals surface area contributed by atoms with E-state index in [4.69, 9.17) is 27.9 Å². The molecule has 0 unspecified atom stereocenters.